The Morgan fingerprint density at radius 2 is 1.82 bits per heavy atom. The standard InChI is InChI=1S/C9H15O2/c10-9-7-5-3-1-2-4-6-8-11-9/h7H,1-6,8H2. The zero-order valence-corrected chi connectivity index (χ0v) is 6.84. The van der Waals surface area contributed by atoms with Crippen molar-refractivity contribution in [2.24, 2.45) is 0 Å². The molecule has 2 heteroatoms. The maximum Gasteiger partial charge on any atom is 0.309 e. The summed E-state index contributed by atoms with van der Waals surface area (Å²) in [5.74, 6) is -0.132. The second-order valence-electron chi connectivity index (χ2n) is 2.93. The maximum atomic E-state index is 10.8. The van der Waals surface area contributed by atoms with Crippen LogP contribution in [0, 0.1) is 6.42 Å². The first-order chi connectivity index (χ1) is 5.39. The Bertz CT molecular complexity index is 109. The van der Waals surface area contributed by atoms with Crippen molar-refractivity contribution >= 4 is 5.97 Å². The molecule has 0 amide bonds. The summed E-state index contributed by atoms with van der Waals surface area (Å²) in [6.07, 6.45) is 8.45. The van der Waals surface area contributed by atoms with E-state index in [1.54, 1.807) is 6.42 Å². The predicted octanol–water partition coefficient (Wildman–Crippen LogP) is 2.09. The van der Waals surface area contributed by atoms with Crippen LogP contribution in [0.3, 0.4) is 0 Å². The highest BCUT2D eigenvalue weighted by Crippen LogP contribution is 2.09. The molecule has 0 N–H and O–H groups in total. The molecule has 11 heavy (non-hydrogen) atoms. The highest BCUT2D eigenvalue weighted by atomic mass is 16.5. The van der Waals surface area contributed by atoms with Crippen molar-refractivity contribution in [2.75, 3.05) is 6.61 Å². The van der Waals surface area contributed by atoms with Gasteiger partial charge in [0.2, 0.25) is 0 Å². The van der Waals surface area contributed by atoms with E-state index < -0.39 is 0 Å². The third kappa shape index (κ3) is 4.02. The van der Waals surface area contributed by atoms with Crippen LogP contribution in [0.25, 0.3) is 0 Å². The highest BCUT2D eigenvalue weighted by molar-refractivity contribution is 5.78. The van der Waals surface area contributed by atoms with Crippen LogP contribution < -0.4 is 0 Å². The van der Waals surface area contributed by atoms with Crippen LogP contribution in [0.5, 0.6) is 0 Å². The molecule has 0 saturated carbocycles. The van der Waals surface area contributed by atoms with Gasteiger partial charge in [-0.15, -0.1) is 0 Å². The third-order valence-electron chi connectivity index (χ3n) is 1.90. The Morgan fingerprint density at radius 3 is 2.73 bits per heavy atom. The van der Waals surface area contributed by atoms with Gasteiger partial charge in [-0.05, 0) is 12.8 Å². The van der Waals surface area contributed by atoms with Crippen molar-refractivity contribution < 1.29 is 9.53 Å². The minimum atomic E-state index is -0.132. The van der Waals surface area contributed by atoms with E-state index >= 15 is 0 Å². The molecule has 63 valence electrons. The summed E-state index contributed by atoms with van der Waals surface area (Å²) in [5, 5.41) is 0. The molecule has 0 aromatic carbocycles. The molecule has 1 aliphatic heterocycles. The molecule has 0 aromatic rings. The van der Waals surface area contributed by atoms with Gasteiger partial charge in [-0.1, -0.05) is 25.7 Å². The number of carbonyl (C=O) groups excluding carboxylic acids is 1. The molecular formula is C9H15O2. The van der Waals surface area contributed by atoms with Crippen molar-refractivity contribution in [3.8, 4) is 0 Å². The summed E-state index contributed by atoms with van der Waals surface area (Å²) < 4.78 is 4.92. The summed E-state index contributed by atoms with van der Waals surface area (Å²) in [6.45, 7) is 0.606. The second-order valence-corrected chi connectivity index (χ2v) is 2.93. The van der Waals surface area contributed by atoms with Crippen molar-refractivity contribution in [1.29, 1.82) is 0 Å². The Hall–Kier alpha value is -0.530. The van der Waals surface area contributed by atoms with E-state index in [1.807, 2.05) is 0 Å². The van der Waals surface area contributed by atoms with Crippen LogP contribution in [0.4, 0.5) is 0 Å². The van der Waals surface area contributed by atoms with E-state index in [4.69, 9.17) is 4.74 Å². The molecule has 1 radical (unpaired) electrons. The first-order valence-corrected chi connectivity index (χ1v) is 4.39. The Labute approximate surface area is 67.9 Å². The summed E-state index contributed by atoms with van der Waals surface area (Å²) >= 11 is 0. The normalized spacial score (nSPS) is 22.4. The molecular weight excluding hydrogens is 140 g/mol. The second kappa shape index (κ2) is 5.16. The monoisotopic (exact) mass is 155 g/mol. The van der Waals surface area contributed by atoms with Gasteiger partial charge in [0, 0.05) is 0 Å². The van der Waals surface area contributed by atoms with Crippen molar-refractivity contribution in [1.82, 2.24) is 0 Å². The van der Waals surface area contributed by atoms with Crippen LogP contribution in [-0.4, -0.2) is 12.6 Å². The molecule has 0 unspecified atom stereocenters. The van der Waals surface area contributed by atoms with Gasteiger partial charge in [0.15, 0.2) is 0 Å². The van der Waals surface area contributed by atoms with Gasteiger partial charge < -0.3 is 4.74 Å². The lowest BCUT2D eigenvalue weighted by Gasteiger charge is -2.07. The highest BCUT2D eigenvalue weighted by Gasteiger charge is 2.04. The number of carbonyl (C=O) groups is 1. The first kappa shape index (κ1) is 8.57. The number of hydrogen-bond donors (Lipinski definition) is 0. The molecule has 0 atom stereocenters. The molecule has 1 fully saturated rings. The van der Waals surface area contributed by atoms with E-state index in [0.29, 0.717) is 6.61 Å². The van der Waals surface area contributed by atoms with E-state index in [0.717, 1.165) is 19.3 Å². The van der Waals surface area contributed by atoms with Gasteiger partial charge >= 0.3 is 5.97 Å². The zero-order chi connectivity index (χ0) is 7.94. The minimum absolute atomic E-state index is 0.132. The van der Waals surface area contributed by atoms with Crippen LogP contribution in [0.1, 0.15) is 38.5 Å². The van der Waals surface area contributed by atoms with Crippen molar-refractivity contribution in [3.05, 3.63) is 6.42 Å². The van der Waals surface area contributed by atoms with Crippen LogP contribution >= 0.6 is 0 Å². The van der Waals surface area contributed by atoms with Crippen molar-refractivity contribution in [3.63, 3.8) is 0 Å². The average Bonchev–Trinajstić information content (AvgIpc) is 2.03. The molecule has 1 saturated heterocycles. The van der Waals surface area contributed by atoms with Gasteiger partial charge in [0.1, 0.15) is 0 Å². The summed E-state index contributed by atoms with van der Waals surface area (Å²) in [5.41, 5.74) is 0. The molecule has 0 aliphatic carbocycles. The third-order valence-corrected chi connectivity index (χ3v) is 1.90. The topological polar surface area (TPSA) is 26.3 Å². The van der Waals surface area contributed by atoms with Gasteiger partial charge in [-0.3, -0.25) is 4.79 Å². The molecule has 1 heterocycles. The lowest BCUT2D eigenvalue weighted by Crippen LogP contribution is -2.07. The summed E-state index contributed by atoms with van der Waals surface area (Å²) in [6, 6.07) is 0. The fraction of sp³-hybridized carbons (Fsp3) is 0.778. The van der Waals surface area contributed by atoms with Crippen LogP contribution in [0.15, 0.2) is 0 Å². The minimum Gasteiger partial charge on any atom is -0.465 e. The maximum absolute atomic E-state index is 10.8. The zero-order valence-electron chi connectivity index (χ0n) is 6.84. The lowest BCUT2D eigenvalue weighted by molar-refractivity contribution is -0.139. The molecule has 0 aromatic heterocycles. The number of ether oxygens (including phenoxy) is 1. The summed E-state index contributed by atoms with van der Waals surface area (Å²) in [7, 11) is 0. The Balaban J connectivity index is 2.17. The largest absolute Gasteiger partial charge is 0.465 e. The lowest BCUT2D eigenvalue weighted by atomic mass is 10.1. The number of cyclic esters (lactones) is 1. The van der Waals surface area contributed by atoms with E-state index in [1.165, 1.54) is 19.3 Å². The van der Waals surface area contributed by atoms with Gasteiger partial charge in [0.05, 0.1) is 13.0 Å². The molecule has 1 rings (SSSR count). The molecule has 1 aliphatic rings. The number of rotatable bonds is 0. The smallest absolute Gasteiger partial charge is 0.309 e. The number of hydrogen-bond acceptors (Lipinski definition) is 2. The van der Waals surface area contributed by atoms with Crippen LogP contribution in [-0.2, 0) is 9.53 Å². The Kier molecular flexibility index (Phi) is 4.02. The van der Waals surface area contributed by atoms with Crippen molar-refractivity contribution in [2.45, 2.75) is 38.5 Å². The fourth-order valence-electron chi connectivity index (χ4n) is 1.23. The quantitative estimate of drug-likeness (QED) is 0.501. The molecule has 0 spiro atoms. The van der Waals surface area contributed by atoms with Crippen LogP contribution in [0.2, 0.25) is 0 Å². The van der Waals surface area contributed by atoms with E-state index in [-0.39, 0.29) is 5.97 Å². The SMILES string of the molecule is O=C1[CH]CCCCCCCO1. The Morgan fingerprint density at radius 1 is 1.09 bits per heavy atom. The summed E-state index contributed by atoms with van der Waals surface area (Å²) in [4.78, 5) is 10.8. The van der Waals surface area contributed by atoms with Gasteiger partial charge in [0.25, 0.3) is 0 Å². The number of esters is 1. The predicted molar refractivity (Wildman–Crippen MR) is 43.0 cm³/mol. The van der Waals surface area contributed by atoms with E-state index in [2.05, 4.69) is 0 Å². The molecule has 0 bridgehead atoms. The first-order valence-electron chi connectivity index (χ1n) is 4.39. The molecule has 2 nitrogen and oxygen atoms in total. The van der Waals surface area contributed by atoms with Gasteiger partial charge in [-0.25, -0.2) is 0 Å². The fourth-order valence-corrected chi connectivity index (χ4v) is 1.23. The van der Waals surface area contributed by atoms with Gasteiger partial charge in [-0.2, -0.15) is 0 Å². The van der Waals surface area contributed by atoms with E-state index in [9.17, 15) is 4.79 Å². The average molecular weight is 155 g/mol.